The monoisotopic (exact) mass is 354 g/mol. The van der Waals surface area contributed by atoms with Gasteiger partial charge in [-0.3, -0.25) is 10.1 Å². The van der Waals surface area contributed by atoms with Gasteiger partial charge in [-0.05, 0) is 36.5 Å². The molecule has 0 aromatic heterocycles. The highest BCUT2D eigenvalue weighted by Gasteiger charge is 2.29. The number of hydrogen-bond acceptors (Lipinski definition) is 4. The predicted molar refractivity (Wildman–Crippen MR) is 102 cm³/mol. The highest BCUT2D eigenvalue weighted by molar-refractivity contribution is 5.82. The van der Waals surface area contributed by atoms with E-state index >= 15 is 0 Å². The smallest absolute Gasteiger partial charge is 0.237 e. The second kappa shape index (κ2) is 8.72. The Labute approximate surface area is 154 Å². The van der Waals surface area contributed by atoms with E-state index in [1.807, 2.05) is 36.4 Å². The van der Waals surface area contributed by atoms with Gasteiger partial charge in [0.25, 0.3) is 0 Å². The molecule has 1 fully saturated rings. The fourth-order valence-corrected chi connectivity index (χ4v) is 3.49. The van der Waals surface area contributed by atoms with E-state index in [0.717, 1.165) is 24.2 Å². The van der Waals surface area contributed by atoms with Crippen LogP contribution in [0.5, 0.6) is 11.5 Å². The minimum Gasteiger partial charge on any atom is -0.493 e. The molecular weight excluding hydrogens is 328 g/mol. The second-order valence-electron chi connectivity index (χ2n) is 6.45. The molecule has 1 heterocycles. The molecule has 2 aromatic carbocycles. The van der Waals surface area contributed by atoms with Gasteiger partial charge in [0.2, 0.25) is 5.91 Å². The van der Waals surface area contributed by atoms with Gasteiger partial charge in [0.1, 0.15) is 0 Å². The zero-order valence-corrected chi connectivity index (χ0v) is 15.3. The topological polar surface area (TPSA) is 59.6 Å². The van der Waals surface area contributed by atoms with E-state index in [4.69, 9.17) is 9.47 Å². The summed E-state index contributed by atoms with van der Waals surface area (Å²) in [4.78, 5) is 12.5. The van der Waals surface area contributed by atoms with Gasteiger partial charge in [-0.2, -0.15) is 0 Å². The molecule has 0 aliphatic carbocycles. The Hall–Kier alpha value is -2.53. The summed E-state index contributed by atoms with van der Waals surface area (Å²) in [7, 11) is 3.25. The van der Waals surface area contributed by atoms with Crippen molar-refractivity contribution in [2.45, 2.75) is 31.3 Å². The Balaban J connectivity index is 1.51. The van der Waals surface area contributed by atoms with Crippen LogP contribution in [-0.2, 0) is 11.2 Å². The van der Waals surface area contributed by atoms with Crippen LogP contribution in [0.1, 0.15) is 30.0 Å². The summed E-state index contributed by atoms with van der Waals surface area (Å²) in [6.07, 6.45) is 2.53. The fraction of sp³-hybridized carbons (Fsp3) is 0.381. The summed E-state index contributed by atoms with van der Waals surface area (Å²) in [5.41, 5.74) is 2.26. The quantitative estimate of drug-likeness (QED) is 0.803. The Morgan fingerprint density at radius 2 is 1.88 bits per heavy atom. The zero-order valence-electron chi connectivity index (χ0n) is 15.3. The lowest BCUT2D eigenvalue weighted by Crippen LogP contribution is -2.41. The SMILES string of the molecule is COc1cccc(CCNC(=O)[C@H]2CC[C@H](c3ccccc3)N2)c1OC. The van der Waals surface area contributed by atoms with Gasteiger partial charge in [-0.1, -0.05) is 42.5 Å². The lowest BCUT2D eigenvalue weighted by atomic mass is 10.1. The normalized spacial score (nSPS) is 19.2. The molecule has 0 bridgehead atoms. The van der Waals surface area contributed by atoms with E-state index < -0.39 is 0 Å². The molecule has 1 amide bonds. The molecule has 138 valence electrons. The number of para-hydroxylation sites is 1. The standard InChI is InChI=1S/C21H26N2O3/c1-25-19-10-6-9-16(20(19)26-2)13-14-22-21(24)18-12-11-17(23-18)15-7-4-3-5-8-15/h3-10,17-18,23H,11-14H2,1-2H3,(H,22,24)/t17-,18-/m1/s1. The van der Waals surface area contributed by atoms with Crippen LogP contribution < -0.4 is 20.1 Å². The Morgan fingerprint density at radius 1 is 1.08 bits per heavy atom. The molecule has 5 heteroatoms. The van der Waals surface area contributed by atoms with Crippen LogP contribution in [-0.4, -0.2) is 32.7 Å². The van der Waals surface area contributed by atoms with Gasteiger partial charge >= 0.3 is 0 Å². The third-order valence-corrected chi connectivity index (χ3v) is 4.84. The molecule has 0 unspecified atom stereocenters. The van der Waals surface area contributed by atoms with Crippen molar-refractivity contribution in [1.29, 1.82) is 0 Å². The molecule has 1 saturated heterocycles. The molecule has 2 aromatic rings. The minimum absolute atomic E-state index is 0.0605. The first-order chi connectivity index (χ1) is 12.7. The van der Waals surface area contributed by atoms with Gasteiger partial charge in [0.15, 0.2) is 11.5 Å². The summed E-state index contributed by atoms with van der Waals surface area (Å²) < 4.78 is 10.8. The number of benzene rings is 2. The number of rotatable bonds is 7. The number of carbonyl (C=O) groups is 1. The molecule has 0 radical (unpaired) electrons. The van der Waals surface area contributed by atoms with Crippen LogP contribution in [0, 0.1) is 0 Å². The number of amides is 1. The zero-order chi connectivity index (χ0) is 18.4. The molecule has 0 spiro atoms. The summed E-state index contributed by atoms with van der Waals surface area (Å²) in [5, 5.41) is 6.48. The molecular formula is C21H26N2O3. The first kappa shape index (κ1) is 18.3. The molecule has 1 aliphatic heterocycles. The Kier molecular flexibility index (Phi) is 6.12. The van der Waals surface area contributed by atoms with Crippen LogP contribution in [0.15, 0.2) is 48.5 Å². The number of hydrogen-bond donors (Lipinski definition) is 2. The van der Waals surface area contributed by atoms with E-state index in [0.29, 0.717) is 18.7 Å². The van der Waals surface area contributed by atoms with Crippen LogP contribution in [0.3, 0.4) is 0 Å². The average molecular weight is 354 g/mol. The number of carbonyl (C=O) groups excluding carboxylic acids is 1. The molecule has 2 N–H and O–H groups in total. The summed E-state index contributed by atoms with van der Waals surface area (Å²) in [6.45, 7) is 0.566. The van der Waals surface area contributed by atoms with Crippen LogP contribution >= 0.6 is 0 Å². The van der Waals surface area contributed by atoms with E-state index in [1.165, 1.54) is 5.56 Å². The van der Waals surface area contributed by atoms with Gasteiger partial charge in [0.05, 0.1) is 20.3 Å². The summed E-state index contributed by atoms with van der Waals surface area (Å²) in [5.74, 6) is 1.50. The van der Waals surface area contributed by atoms with Crippen molar-refractivity contribution in [2.24, 2.45) is 0 Å². The highest BCUT2D eigenvalue weighted by atomic mass is 16.5. The third kappa shape index (κ3) is 4.17. The molecule has 2 atom stereocenters. The lowest BCUT2D eigenvalue weighted by Gasteiger charge is -2.16. The van der Waals surface area contributed by atoms with Crippen LogP contribution in [0.2, 0.25) is 0 Å². The van der Waals surface area contributed by atoms with Crippen LogP contribution in [0.4, 0.5) is 0 Å². The van der Waals surface area contributed by atoms with Crippen molar-refractivity contribution in [3.8, 4) is 11.5 Å². The third-order valence-electron chi connectivity index (χ3n) is 4.84. The van der Waals surface area contributed by atoms with E-state index in [-0.39, 0.29) is 18.0 Å². The van der Waals surface area contributed by atoms with Gasteiger partial charge in [0, 0.05) is 12.6 Å². The maximum Gasteiger partial charge on any atom is 0.237 e. The van der Waals surface area contributed by atoms with Crippen molar-refractivity contribution < 1.29 is 14.3 Å². The number of methoxy groups -OCH3 is 2. The lowest BCUT2D eigenvalue weighted by molar-refractivity contribution is -0.122. The second-order valence-corrected chi connectivity index (χ2v) is 6.45. The summed E-state index contributed by atoms with van der Waals surface area (Å²) >= 11 is 0. The molecule has 1 aliphatic rings. The Bertz CT molecular complexity index is 733. The largest absolute Gasteiger partial charge is 0.493 e. The molecule has 26 heavy (non-hydrogen) atoms. The number of nitrogens with one attached hydrogen (secondary N) is 2. The van der Waals surface area contributed by atoms with Crippen molar-refractivity contribution in [2.75, 3.05) is 20.8 Å². The molecule has 3 rings (SSSR count). The fourth-order valence-electron chi connectivity index (χ4n) is 3.49. The maximum atomic E-state index is 12.5. The van der Waals surface area contributed by atoms with E-state index in [2.05, 4.69) is 22.8 Å². The first-order valence-corrected chi connectivity index (χ1v) is 9.01. The van der Waals surface area contributed by atoms with Gasteiger partial charge < -0.3 is 14.8 Å². The maximum absolute atomic E-state index is 12.5. The molecule has 5 nitrogen and oxygen atoms in total. The highest BCUT2D eigenvalue weighted by Crippen LogP contribution is 2.31. The van der Waals surface area contributed by atoms with Crippen molar-refractivity contribution >= 4 is 5.91 Å². The minimum atomic E-state index is -0.132. The van der Waals surface area contributed by atoms with Crippen molar-refractivity contribution in [1.82, 2.24) is 10.6 Å². The first-order valence-electron chi connectivity index (χ1n) is 9.01. The van der Waals surface area contributed by atoms with Crippen molar-refractivity contribution in [3.63, 3.8) is 0 Å². The van der Waals surface area contributed by atoms with E-state index in [1.54, 1.807) is 14.2 Å². The van der Waals surface area contributed by atoms with Crippen molar-refractivity contribution in [3.05, 3.63) is 59.7 Å². The van der Waals surface area contributed by atoms with Crippen LogP contribution in [0.25, 0.3) is 0 Å². The van der Waals surface area contributed by atoms with Gasteiger partial charge in [-0.25, -0.2) is 0 Å². The summed E-state index contributed by atoms with van der Waals surface area (Å²) in [6, 6.07) is 16.2. The average Bonchev–Trinajstić information content (AvgIpc) is 3.18. The van der Waals surface area contributed by atoms with Gasteiger partial charge in [-0.15, -0.1) is 0 Å². The Morgan fingerprint density at radius 3 is 2.62 bits per heavy atom. The van der Waals surface area contributed by atoms with E-state index in [9.17, 15) is 4.79 Å². The predicted octanol–water partition coefficient (Wildman–Crippen LogP) is 2.86. The molecule has 0 saturated carbocycles. The number of ether oxygens (including phenoxy) is 2.